The van der Waals surface area contributed by atoms with E-state index in [9.17, 15) is 0 Å². The smallest absolute Gasteiger partial charge is 0.244 e. The molecule has 0 fully saturated rings. The van der Waals surface area contributed by atoms with E-state index >= 15 is 0 Å². The first-order valence-corrected chi connectivity index (χ1v) is 7.38. The number of imidazole rings is 1. The number of rotatable bonds is 5. The van der Waals surface area contributed by atoms with Crippen molar-refractivity contribution < 1.29 is 9.26 Å². The van der Waals surface area contributed by atoms with Crippen molar-refractivity contribution in [3.8, 4) is 0 Å². The fourth-order valence-electron chi connectivity index (χ4n) is 2.59. The molecule has 7 nitrogen and oxygen atoms in total. The summed E-state index contributed by atoms with van der Waals surface area (Å²) in [6.07, 6.45) is 2.34. The van der Waals surface area contributed by atoms with E-state index in [0.717, 1.165) is 24.4 Å². The van der Waals surface area contributed by atoms with Crippen LogP contribution in [0.25, 0.3) is 0 Å². The molecule has 1 aliphatic rings. The van der Waals surface area contributed by atoms with Gasteiger partial charge in [0.25, 0.3) is 0 Å². The van der Waals surface area contributed by atoms with Crippen LogP contribution in [0, 0.1) is 5.92 Å². The van der Waals surface area contributed by atoms with E-state index in [0.29, 0.717) is 24.2 Å². The Labute approximate surface area is 123 Å². The third kappa shape index (κ3) is 2.84. The van der Waals surface area contributed by atoms with Crippen LogP contribution in [-0.4, -0.2) is 26.7 Å². The minimum atomic E-state index is -0.128. The molecule has 0 amide bonds. The molecule has 2 N–H and O–H groups in total. The van der Waals surface area contributed by atoms with Crippen LogP contribution in [0.15, 0.2) is 10.9 Å². The number of nitrogens with zero attached hydrogens (tertiary/aromatic N) is 3. The molecule has 0 aromatic carbocycles. The Hall–Kier alpha value is -1.73. The van der Waals surface area contributed by atoms with Gasteiger partial charge in [-0.05, 0) is 12.8 Å². The molecule has 0 saturated heterocycles. The number of fused-ring (bicyclic) bond motifs is 1. The Bertz CT molecular complexity index is 592. The fourth-order valence-corrected chi connectivity index (χ4v) is 2.59. The predicted molar refractivity (Wildman–Crippen MR) is 75.4 cm³/mol. The topological polar surface area (TPSA) is 88.9 Å². The maximum Gasteiger partial charge on any atom is 0.244 e. The second-order valence-corrected chi connectivity index (χ2v) is 5.58. The first kappa shape index (κ1) is 14.2. The van der Waals surface area contributed by atoms with Gasteiger partial charge in [-0.1, -0.05) is 19.0 Å². The summed E-state index contributed by atoms with van der Waals surface area (Å²) >= 11 is 0. The number of H-pyrrole nitrogens is 1. The van der Waals surface area contributed by atoms with Crippen LogP contribution in [0.5, 0.6) is 0 Å². The average Bonchev–Trinajstić information content (AvgIpc) is 3.12. The average molecular weight is 291 g/mol. The van der Waals surface area contributed by atoms with Gasteiger partial charge in [0.1, 0.15) is 6.10 Å². The maximum atomic E-state index is 5.71. The van der Waals surface area contributed by atoms with Gasteiger partial charge in [-0.2, -0.15) is 4.98 Å². The summed E-state index contributed by atoms with van der Waals surface area (Å²) in [5.41, 5.74) is 2.18. The quantitative estimate of drug-likeness (QED) is 0.874. The number of ether oxygens (including phenoxy) is 1. The molecule has 7 heteroatoms. The Morgan fingerprint density at radius 1 is 1.48 bits per heavy atom. The Morgan fingerprint density at radius 3 is 3.10 bits per heavy atom. The first-order valence-electron chi connectivity index (χ1n) is 7.38. The zero-order valence-corrected chi connectivity index (χ0v) is 12.6. The molecular weight excluding hydrogens is 270 g/mol. The summed E-state index contributed by atoms with van der Waals surface area (Å²) in [5, 5.41) is 7.48. The molecule has 0 radical (unpaired) electrons. The van der Waals surface area contributed by atoms with E-state index in [1.165, 1.54) is 0 Å². The van der Waals surface area contributed by atoms with Crippen molar-refractivity contribution in [2.45, 2.75) is 45.9 Å². The summed E-state index contributed by atoms with van der Waals surface area (Å²) in [5.74, 6) is 1.52. The molecular formula is C14H21N5O2. The zero-order chi connectivity index (χ0) is 14.8. The Kier molecular flexibility index (Phi) is 4.03. The molecule has 0 aliphatic carbocycles. The van der Waals surface area contributed by atoms with Crippen LogP contribution in [-0.2, 0) is 17.7 Å². The highest BCUT2D eigenvalue weighted by Gasteiger charge is 2.28. The fraction of sp³-hybridized carbons (Fsp3) is 0.643. The minimum Gasteiger partial charge on any atom is -0.370 e. The molecule has 2 unspecified atom stereocenters. The molecule has 3 heterocycles. The van der Waals surface area contributed by atoms with Crippen LogP contribution in [0.1, 0.15) is 56.0 Å². The van der Waals surface area contributed by atoms with Crippen LogP contribution < -0.4 is 5.32 Å². The lowest BCUT2D eigenvalue weighted by Crippen LogP contribution is -2.29. The summed E-state index contributed by atoms with van der Waals surface area (Å²) in [6, 6.07) is 0.0106. The Morgan fingerprint density at radius 2 is 2.33 bits per heavy atom. The monoisotopic (exact) mass is 291 g/mol. The molecule has 2 aromatic heterocycles. The molecule has 1 aliphatic heterocycles. The van der Waals surface area contributed by atoms with Crippen molar-refractivity contribution in [3.05, 3.63) is 29.4 Å². The lowest BCUT2D eigenvalue weighted by molar-refractivity contribution is 0.0217. The van der Waals surface area contributed by atoms with Gasteiger partial charge in [0.2, 0.25) is 11.7 Å². The highest BCUT2D eigenvalue weighted by molar-refractivity contribution is 5.17. The molecule has 0 spiro atoms. The van der Waals surface area contributed by atoms with Crippen LogP contribution in [0.4, 0.5) is 0 Å². The molecule has 0 saturated carbocycles. The lowest BCUT2D eigenvalue weighted by Gasteiger charge is -2.19. The Balaban J connectivity index is 1.76. The SMILES string of the molecule is CCOC(c1noc(C2Cc3nc[nH]c3CN2)n1)C(C)C. The van der Waals surface area contributed by atoms with Gasteiger partial charge >= 0.3 is 0 Å². The zero-order valence-electron chi connectivity index (χ0n) is 12.6. The largest absolute Gasteiger partial charge is 0.370 e. The molecule has 2 aromatic rings. The van der Waals surface area contributed by atoms with E-state index in [4.69, 9.17) is 9.26 Å². The first-order chi connectivity index (χ1) is 10.2. The van der Waals surface area contributed by atoms with Crippen molar-refractivity contribution >= 4 is 0 Å². The number of aromatic amines is 1. The summed E-state index contributed by atoms with van der Waals surface area (Å²) in [4.78, 5) is 12.0. The highest BCUT2D eigenvalue weighted by Crippen LogP contribution is 2.27. The van der Waals surface area contributed by atoms with Crippen LogP contribution in [0.2, 0.25) is 0 Å². The van der Waals surface area contributed by atoms with Crippen molar-refractivity contribution in [1.82, 2.24) is 25.4 Å². The standard InChI is InChI=1S/C14H21N5O2/c1-4-20-12(8(2)3)13-18-14(21-19-13)10-5-9-11(6-15-10)17-7-16-9/h7-8,10,12,15H,4-6H2,1-3H3,(H,16,17). The van der Waals surface area contributed by atoms with Crippen molar-refractivity contribution in [3.63, 3.8) is 0 Å². The van der Waals surface area contributed by atoms with E-state index in [-0.39, 0.29) is 12.1 Å². The van der Waals surface area contributed by atoms with Gasteiger partial charge in [-0.25, -0.2) is 4.98 Å². The summed E-state index contributed by atoms with van der Waals surface area (Å²) in [6.45, 7) is 7.51. The van der Waals surface area contributed by atoms with Crippen LogP contribution in [0.3, 0.4) is 0 Å². The van der Waals surface area contributed by atoms with Gasteiger partial charge in [-0.3, -0.25) is 5.32 Å². The number of nitrogens with one attached hydrogen (secondary N) is 2. The van der Waals surface area contributed by atoms with Crippen LogP contribution >= 0.6 is 0 Å². The second kappa shape index (κ2) is 5.95. The number of aromatic nitrogens is 4. The van der Waals surface area contributed by atoms with Gasteiger partial charge < -0.3 is 14.2 Å². The predicted octanol–water partition coefficient (Wildman–Crippen LogP) is 1.91. The lowest BCUT2D eigenvalue weighted by atomic mass is 10.1. The molecule has 114 valence electrons. The summed E-state index contributed by atoms with van der Waals surface area (Å²) < 4.78 is 11.1. The van der Waals surface area contributed by atoms with Gasteiger partial charge in [0, 0.05) is 19.6 Å². The molecule has 0 bridgehead atoms. The van der Waals surface area contributed by atoms with E-state index in [2.05, 4.69) is 39.3 Å². The number of hydrogen-bond donors (Lipinski definition) is 2. The molecule has 3 rings (SSSR count). The molecule has 21 heavy (non-hydrogen) atoms. The van der Waals surface area contributed by atoms with E-state index < -0.39 is 0 Å². The highest BCUT2D eigenvalue weighted by atomic mass is 16.5. The van der Waals surface area contributed by atoms with Crippen molar-refractivity contribution in [1.29, 1.82) is 0 Å². The molecule has 2 atom stereocenters. The number of hydrogen-bond acceptors (Lipinski definition) is 6. The normalized spacial score (nSPS) is 19.7. The van der Waals surface area contributed by atoms with E-state index in [1.54, 1.807) is 6.33 Å². The second-order valence-electron chi connectivity index (χ2n) is 5.58. The minimum absolute atomic E-state index is 0.0106. The van der Waals surface area contributed by atoms with Gasteiger partial charge in [0.15, 0.2) is 0 Å². The van der Waals surface area contributed by atoms with Gasteiger partial charge in [0.05, 0.1) is 23.8 Å². The third-order valence-corrected chi connectivity index (χ3v) is 3.69. The van der Waals surface area contributed by atoms with Gasteiger partial charge in [-0.15, -0.1) is 0 Å². The van der Waals surface area contributed by atoms with Crippen molar-refractivity contribution in [2.75, 3.05) is 6.61 Å². The third-order valence-electron chi connectivity index (χ3n) is 3.69. The van der Waals surface area contributed by atoms with Crippen molar-refractivity contribution in [2.24, 2.45) is 5.92 Å². The maximum absolute atomic E-state index is 5.71. The van der Waals surface area contributed by atoms with E-state index in [1.807, 2.05) is 6.92 Å². The summed E-state index contributed by atoms with van der Waals surface area (Å²) in [7, 11) is 0.